The molecule has 1 fully saturated rings. The van der Waals surface area contributed by atoms with Crippen LogP contribution in [-0.2, 0) is 17.7 Å². The Morgan fingerprint density at radius 1 is 1.39 bits per heavy atom. The fourth-order valence-corrected chi connectivity index (χ4v) is 3.78. The van der Waals surface area contributed by atoms with Crippen LogP contribution in [0.4, 0.5) is 0 Å². The molecule has 126 valence electrons. The van der Waals surface area contributed by atoms with Crippen molar-refractivity contribution in [2.75, 3.05) is 39.9 Å². The van der Waals surface area contributed by atoms with E-state index in [0.717, 1.165) is 57.5 Å². The molecule has 1 aliphatic rings. The van der Waals surface area contributed by atoms with E-state index in [4.69, 9.17) is 9.15 Å². The highest BCUT2D eigenvalue weighted by molar-refractivity contribution is 7.10. The summed E-state index contributed by atoms with van der Waals surface area (Å²) < 4.78 is 11.2. The van der Waals surface area contributed by atoms with Crippen molar-refractivity contribution in [1.82, 2.24) is 14.8 Å². The van der Waals surface area contributed by atoms with Crippen LogP contribution in [0.5, 0.6) is 0 Å². The van der Waals surface area contributed by atoms with Gasteiger partial charge in [-0.1, -0.05) is 13.0 Å². The van der Waals surface area contributed by atoms with Crippen LogP contribution in [0.2, 0.25) is 0 Å². The Kier molecular flexibility index (Phi) is 5.83. The minimum absolute atomic E-state index is 0.407. The van der Waals surface area contributed by atoms with Crippen LogP contribution < -0.4 is 0 Å². The van der Waals surface area contributed by atoms with Crippen molar-refractivity contribution in [3.8, 4) is 0 Å². The van der Waals surface area contributed by atoms with Gasteiger partial charge in [0.2, 0.25) is 5.89 Å². The number of nitrogens with zero attached hydrogens (tertiary/aromatic N) is 3. The van der Waals surface area contributed by atoms with Crippen molar-refractivity contribution in [2.24, 2.45) is 0 Å². The average molecular weight is 335 g/mol. The van der Waals surface area contributed by atoms with Gasteiger partial charge in [-0.15, -0.1) is 11.3 Å². The van der Waals surface area contributed by atoms with E-state index >= 15 is 0 Å². The van der Waals surface area contributed by atoms with Gasteiger partial charge >= 0.3 is 0 Å². The van der Waals surface area contributed by atoms with Gasteiger partial charge in [0.25, 0.3) is 0 Å². The summed E-state index contributed by atoms with van der Waals surface area (Å²) in [7, 11) is 2.14. The number of hydrogen-bond donors (Lipinski definition) is 0. The molecule has 2 aromatic rings. The Bertz CT molecular complexity index is 578. The van der Waals surface area contributed by atoms with Crippen molar-refractivity contribution < 1.29 is 9.15 Å². The number of likely N-dealkylation sites (N-methyl/N-ethyl adjacent to an activating group) is 1. The number of rotatable bonds is 7. The lowest BCUT2D eigenvalue weighted by Crippen LogP contribution is -2.42. The number of oxazole rings is 1. The van der Waals surface area contributed by atoms with Gasteiger partial charge in [-0.25, -0.2) is 4.98 Å². The minimum atomic E-state index is 0.407. The van der Waals surface area contributed by atoms with E-state index in [0.29, 0.717) is 6.04 Å². The molecule has 23 heavy (non-hydrogen) atoms. The van der Waals surface area contributed by atoms with Gasteiger partial charge in [-0.3, -0.25) is 9.80 Å². The molecule has 0 radical (unpaired) electrons. The molecule has 0 aliphatic carbocycles. The average Bonchev–Trinajstić information content (AvgIpc) is 3.25. The molecular formula is C17H25N3O2S. The maximum atomic E-state index is 5.74. The molecule has 0 amide bonds. The number of thiophene rings is 1. The van der Waals surface area contributed by atoms with E-state index in [-0.39, 0.29) is 0 Å². The third-order valence-electron chi connectivity index (χ3n) is 4.20. The van der Waals surface area contributed by atoms with Crippen LogP contribution in [0.15, 0.2) is 28.1 Å². The smallest absolute Gasteiger partial charge is 0.208 e. The summed E-state index contributed by atoms with van der Waals surface area (Å²) in [6.45, 7) is 7.43. The Morgan fingerprint density at radius 2 is 2.22 bits per heavy atom. The van der Waals surface area contributed by atoms with E-state index in [1.165, 1.54) is 4.88 Å². The third kappa shape index (κ3) is 4.41. The number of morpholine rings is 1. The second-order valence-corrected chi connectivity index (χ2v) is 6.93. The Hall–Kier alpha value is -1.21. The fourth-order valence-electron chi connectivity index (χ4n) is 2.93. The fraction of sp³-hybridized carbons (Fsp3) is 0.588. The summed E-state index contributed by atoms with van der Waals surface area (Å²) in [5.74, 6) is 1.76. The van der Waals surface area contributed by atoms with Crippen LogP contribution in [0, 0.1) is 0 Å². The maximum absolute atomic E-state index is 5.74. The highest BCUT2D eigenvalue weighted by atomic mass is 32.1. The van der Waals surface area contributed by atoms with Crippen molar-refractivity contribution in [3.05, 3.63) is 40.2 Å². The van der Waals surface area contributed by atoms with Crippen LogP contribution in [0.25, 0.3) is 0 Å². The van der Waals surface area contributed by atoms with E-state index in [1.807, 2.05) is 17.5 Å². The Balaban J connectivity index is 1.65. The van der Waals surface area contributed by atoms with Gasteiger partial charge in [-0.2, -0.15) is 0 Å². The van der Waals surface area contributed by atoms with Crippen LogP contribution >= 0.6 is 11.3 Å². The van der Waals surface area contributed by atoms with Gasteiger partial charge in [0.15, 0.2) is 0 Å². The van der Waals surface area contributed by atoms with Gasteiger partial charge in [-0.05, 0) is 18.5 Å². The maximum Gasteiger partial charge on any atom is 0.208 e. The lowest BCUT2D eigenvalue weighted by atomic mass is 10.1. The summed E-state index contributed by atoms with van der Waals surface area (Å²) in [5.41, 5.74) is 0. The van der Waals surface area contributed by atoms with Crippen molar-refractivity contribution >= 4 is 11.3 Å². The van der Waals surface area contributed by atoms with Crippen LogP contribution in [0.1, 0.15) is 29.5 Å². The number of hydrogen-bond acceptors (Lipinski definition) is 6. The topological polar surface area (TPSA) is 41.7 Å². The molecule has 0 saturated carbocycles. The molecule has 0 aromatic carbocycles. The first kappa shape index (κ1) is 16.6. The van der Waals surface area contributed by atoms with E-state index in [9.17, 15) is 0 Å². The van der Waals surface area contributed by atoms with E-state index < -0.39 is 0 Å². The minimum Gasteiger partial charge on any atom is -0.444 e. The monoisotopic (exact) mass is 335 g/mol. The first-order valence-electron chi connectivity index (χ1n) is 8.23. The van der Waals surface area contributed by atoms with Crippen molar-refractivity contribution in [3.63, 3.8) is 0 Å². The molecule has 0 spiro atoms. The highest BCUT2D eigenvalue weighted by Crippen LogP contribution is 2.27. The second kappa shape index (κ2) is 8.06. The largest absolute Gasteiger partial charge is 0.444 e. The molecule has 3 rings (SSSR count). The SMILES string of the molecule is CCc1cnc(CN(C)C[C@H](c2cccs2)N2CCOCC2)o1. The third-order valence-corrected chi connectivity index (χ3v) is 5.17. The molecule has 0 unspecified atom stereocenters. The van der Waals surface area contributed by atoms with Crippen molar-refractivity contribution in [1.29, 1.82) is 0 Å². The molecule has 1 aliphatic heterocycles. The molecule has 3 heterocycles. The van der Waals surface area contributed by atoms with Gasteiger partial charge in [0.05, 0.1) is 32.0 Å². The van der Waals surface area contributed by atoms with E-state index in [2.05, 4.69) is 46.3 Å². The predicted octanol–water partition coefficient (Wildman–Crippen LogP) is 2.80. The normalized spacial score (nSPS) is 17.7. The quantitative estimate of drug-likeness (QED) is 0.778. The molecule has 1 atom stereocenters. The molecule has 5 nitrogen and oxygen atoms in total. The van der Waals surface area contributed by atoms with Gasteiger partial charge in [0, 0.05) is 30.9 Å². The standard InChI is InChI=1S/C17H25N3O2S/c1-3-14-11-18-17(22-14)13-19(2)12-15(16-5-4-10-23-16)20-6-8-21-9-7-20/h4-5,10-11,15H,3,6-9,12-13H2,1-2H3/t15-/m1/s1. The Labute approximate surface area is 141 Å². The van der Waals surface area contributed by atoms with Crippen molar-refractivity contribution in [2.45, 2.75) is 25.9 Å². The highest BCUT2D eigenvalue weighted by Gasteiger charge is 2.25. The predicted molar refractivity (Wildman–Crippen MR) is 91.7 cm³/mol. The molecular weight excluding hydrogens is 310 g/mol. The molecule has 1 saturated heterocycles. The second-order valence-electron chi connectivity index (χ2n) is 5.95. The van der Waals surface area contributed by atoms with E-state index in [1.54, 1.807) is 0 Å². The summed E-state index contributed by atoms with van der Waals surface area (Å²) in [5, 5.41) is 2.16. The number of ether oxygens (including phenoxy) is 1. The molecule has 0 N–H and O–H groups in total. The number of aromatic nitrogens is 1. The first-order valence-corrected chi connectivity index (χ1v) is 9.11. The number of aryl methyl sites for hydroxylation is 1. The summed E-state index contributed by atoms with van der Waals surface area (Å²) >= 11 is 1.83. The zero-order valence-electron chi connectivity index (χ0n) is 13.9. The summed E-state index contributed by atoms with van der Waals surface area (Å²) in [6.07, 6.45) is 2.73. The van der Waals surface area contributed by atoms with Crippen LogP contribution in [0.3, 0.4) is 0 Å². The zero-order valence-corrected chi connectivity index (χ0v) is 14.7. The van der Waals surface area contributed by atoms with Gasteiger partial charge in [0.1, 0.15) is 5.76 Å². The Morgan fingerprint density at radius 3 is 2.87 bits per heavy atom. The zero-order chi connectivity index (χ0) is 16.1. The van der Waals surface area contributed by atoms with Crippen LogP contribution in [-0.4, -0.2) is 54.7 Å². The molecule has 0 bridgehead atoms. The first-order chi connectivity index (χ1) is 11.3. The summed E-state index contributed by atoms with van der Waals surface area (Å²) in [4.78, 5) is 10.6. The molecule has 2 aromatic heterocycles. The lowest BCUT2D eigenvalue weighted by molar-refractivity contribution is 0.00917. The van der Waals surface area contributed by atoms with Gasteiger partial charge < -0.3 is 9.15 Å². The lowest BCUT2D eigenvalue weighted by Gasteiger charge is -2.36. The summed E-state index contributed by atoms with van der Waals surface area (Å²) in [6, 6.07) is 4.78. The molecule has 6 heteroatoms.